The second-order valence-electron chi connectivity index (χ2n) is 5.30. The molecule has 5 nitrogen and oxygen atoms in total. The lowest BCUT2D eigenvalue weighted by molar-refractivity contribution is 0.219. The molecule has 23 heavy (non-hydrogen) atoms. The predicted octanol–water partition coefficient (Wildman–Crippen LogP) is 3.30. The zero-order valence-electron chi connectivity index (χ0n) is 12.5. The number of nitrogens with zero attached hydrogens (tertiary/aromatic N) is 3. The number of carbonyl (C=O) groups is 1. The van der Waals surface area contributed by atoms with Crippen LogP contribution in [0, 0.1) is 0 Å². The zero-order chi connectivity index (χ0) is 15.6. The van der Waals surface area contributed by atoms with Gasteiger partial charge in [-0.2, -0.15) is 5.10 Å². The summed E-state index contributed by atoms with van der Waals surface area (Å²) >= 11 is 1.78. The number of urea groups is 1. The summed E-state index contributed by atoms with van der Waals surface area (Å²) in [5.74, 6) is 0. The number of amides is 2. The van der Waals surface area contributed by atoms with Crippen LogP contribution >= 0.6 is 11.8 Å². The molecule has 2 heterocycles. The number of anilines is 2. The third-order valence-electron chi connectivity index (χ3n) is 3.85. The van der Waals surface area contributed by atoms with Crippen molar-refractivity contribution < 1.29 is 4.79 Å². The van der Waals surface area contributed by atoms with Crippen molar-refractivity contribution in [1.82, 2.24) is 10.3 Å². The van der Waals surface area contributed by atoms with E-state index in [2.05, 4.69) is 51.7 Å². The molecule has 0 bridgehead atoms. The monoisotopic (exact) mass is 324 g/mol. The molecule has 2 aromatic carbocycles. The average molecular weight is 324 g/mol. The van der Waals surface area contributed by atoms with E-state index in [0.717, 1.165) is 0 Å². The summed E-state index contributed by atoms with van der Waals surface area (Å²) in [4.78, 5) is 16.2. The first-order valence-corrected chi connectivity index (χ1v) is 8.36. The van der Waals surface area contributed by atoms with Crippen LogP contribution in [0.2, 0.25) is 0 Å². The number of hydrogen-bond acceptors (Lipinski definition) is 4. The molecule has 1 saturated heterocycles. The zero-order valence-corrected chi connectivity index (χ0v) is 13.3. The van der Waals surface area contributed by atoms with Gasteiger partial charge in [-0.3, -0.25) is 0 Å². The largest absolute Gasteiger partial charge is 0.337 e. The van der Waals surface area contributed by atoms with Crippen LogP contribution in [0.4, 0.5) is 16.2 Å². The third kappa shape index (κ3) is 2.66. The van der Waals surface area contributed by atoms with Gasteiger partial charge in [-0.1, -0.05) is 36.0 Å². The highest BCUT2D eigenvalue weighted by molar-refractivity contribution is 7.99. The van der Waals surface area contributed by atoms with Gasteiger partial charge in [0.1, 0.15) is 0 Å². The second kappa shape index (κ2) is 5.96. The third-order valence-corrected chi connectivity index (χ3v) is 4.98. The van der Waals surface area contributed by atoms with Gasteiger partial charge in [-0.15, -0.1) is 0 Å². The minimum absolute atomic E-state index is 0.128. The lowest BCUT2D eigenvalue weighted by Gasteiger charge is -2.31. The number of benzene rings is 2. The topological polar surface area (TPSA) is 47.9 Å². The molecule has 2 aliphatic rings. The number of rotatable bonds is 3. The van der Waals surface area contributed by atoms with Crippen molar-refractivity contribution in [3.63, 3.8) is 0 Å². The molecule has 0 saturated carbocycles. The van der Waals surface area contributed by atoms with Crippen LogP contribution in [0.3, 0.4) is 0 Å². The van der Waals surface area contributed by atoms with Crippen LogP contribution in [0.5, 0.6) is 0 Å². The molecule has 0 radical (unpaired) electrons. The molecular formula is C17H16N4OS. The molecule has 1 N–H and O–H groups in total. The molecule has 2 amide bonds. The maximum atomic E-state index is 11.5. The van der Waals surface area contributed by atoms with E-state index in [4.69, 9.17) is 0 Å². The minimum Gasteiger partial charge on any atom is -0.335 e. The van der Waals surface area contributed by atoms with Gasteiger partial charge >= 0.3 is 6.03 Å². The van der Waals surface area contributed by atoms with Crippen molar-refractivity contribution in [1.29, 1.82) is 0 Å². The number of carbonyl (C=O) groups excluding carboxylic acids is 1. The van der Waals surface area contributed by atoms with E-state index in [9.17, 15) is 4.79 Å². The Morgan fingerprint density at radius 1 is 1.09 bits per heavy atom. The lowest BCUT2D eigenvalue weighted by atomic mass is 10.2. The summed E-state index contributed by atoms with van der Waals surface area (Å²) in [6, 6.07) is 16.6. The Labute approximate surface area is 139 Å². The van der Waals surface area contributed by atoms with Crippen molar-refractivity contribution in [2.75, 3.05) is 24.5 Å². The molecule has 4 rings (SSSR count). The van der Waals surface area contributed by atoms with Gasteiger partial charge in [0.2, 0.25) is 0 Å². The molecule has 116 valence electrons. The normalized spacial score (nSPS) is 16.4. The smallest absolute Gasteiger partial charge is 0.335 e. The Morgan fingerprint density at radius 3 is 2.35 bits per heavy atom. The number of nitrogens with one attached hydrogen (secondary N) is 1. The van der Waals surface area contributed by atoms with E-state index in [0.29, 0.717) is 19.6 Å². The van der Waals surface area contributed by atoms with Gasteiger partial charge in [0.25, 0.3) is 0 Å². The Kier molecular flexibility index (Phi) is 3.67. The van der Waals surface area contributed by atoms with Gasteiger partial charge in [-0.05, 0) is 24.3 Å². The van der Waals surface area contributed by atoms with Gasteiger partial charge < -0.3 is 10.2 Å². The molecule has 2 aromatic rings. The number of para-hydroxylation sites is 2. The van der Waals surface area contributed by atoms with Gasteiger partial charge in [-0.25, -0.2) is 9.80 Å². The number of hydrogen-bond donors (Lipinski definition) is 1. The van der Waals surface area contributed by atoms with Crippen LogP contribution in [-0.4, -0.2) is 36.9 Å². The lowest BCUT2D eigenvalue weighted by Crippen LogP contribution is -2.26. The van der Waals surface area contributed by atoms with Crippen LogP contribution < -0.4 is 10.2 Å². The van der Waals surface area contributed by atoms with E-state index in [1.807, 2.05) is 12.1 Å². The quantitative estimate of drug-likeness (QED) is 0.881. The number of fused-ring (bicyclic) bond motifs is 2. The molecule has 0 spiro atoms. The first kappa shape index (κ1) is 14.1. The molecule has 1 fully saturated rings. The Bertz CT molecular complexity index is 731. The first-order valence-electron chi connectivity index (χ1n) is 7.54. The Hall–Kier alpha value is -2.47. The maximum absolute atomic E-state index is 11.5. The van der Waals surface area contributed by atoms with Crippen LogP contribution in [0.1, 0.15) is 0 Å². The van der Waals surface area contributed by atoms with Crippen molar-refractivity contribution in [2.24, 2.45) is 5.10 Å². The fourth-order valence-corrected chi connectivity index (χ4v) is 3.86. The summed E-state index contributed by atoms with van der Waals surface area (Å²) in [7, 11) is 0. The Balaban J connectivity index is 1.62. The van der Waals surface area contributed by atoms with E-state index < -0.39 is 0 Å². The van der Waals surface area contributed by atoms with Gasteiger partial charge in [0.15, 0.2) is 0 Å². The summed E-state index contributed by atoms with van der Waals surface area (Å²) < 4.78 is 0. The van der Waals surface area contributed by atoms with E-state index in [1.165, 1.54) is 26.2 Å². The SMILES string of the molecule is O=C1NCCN1/N=C/CN1c2ccccc2Sc2ccccc21. The predicted molar refractivity (Wildman–Crippen MR) is 92.6 cm³/mol. The van der Waals surface area contributed by atoms with Crippen molar-refractivity contribution in [3.05, 3.63) is 48.5 Å². The average Bonchev–Trinajstić information content (AvgIpc) is 2.99. The second-order valence-corrected chi connectivity index (χ2v) is 6.39. The molecule has 2 aliphatic heterocycles. The molecule has 0 unspecified atom stereocenters. The van der Waals surface area contributed by atoms with Crippen LogP contribution in [0.25, 0.3) is 0 Å². The standard InChI is InChI=1S/C17H16N4OS/c22-17-18-9-12-21(17)19-10-11-20-13-5-1-3-7-15(13)23-16-8-4-2-6-14(16)20/h1-8,10H,9,11-12H2,(H,18,22)/b19-10+. The van der Waals surface area contributed by atoms with Crippen molar-refractivity contribution in [2.45, 2.75) is 9.79 Å². The van der Waals surface area contributed by atoms with Crippen molar-refractivity contribution >= 4 is 35.4 Å². The highest BCUT2D eigenvalue weighted by Crippen LogP contribution is 2.47. The van der Waals surface area contributed by atoms with Gasteiger partial charge in [0.05, 0.1) is 24.5 Å². The minimum atomic E-state index is -0.128. The fourth-order valence-electron chi connectivity index (χ4n) is 2.77. The highest BCUT2D eigenvalue weighted by atomic mass is 32.2. The molecule has 6 heteroatoms. The van der Waals surface area contributed by atoms with E-state index in [-0.39, 0.29) is 6.03 Å². The molecule has 0 aliphatic carbocycles. The summed E-state index contributed by atoms with van der Waals surface area (Å²) in [5, 5.41) is 8.51. The molecule has 0 atom stereocenters. The summed E-state index contributed by atoms with van der Waals surface area (Å²) in [6.45, 7) is 1.90. The summed E-state index contributed by atoms with van der Waals surface area (Å²) in [6.07, 6.45) is 1.80. The number of hydrazone groups is 1. The fraction of sp³-hybridized carbons (Fsp3) is 0.176. The van der Waals surface area contributed by atoms with Crippen LogP contribution in [-0.2, 0) is 0 Å². The molecule has 0 aromatic heterocycles. The maximum Gasteiger partial charge on any atom is 0.337 e. The Morgan fingerprint density at radius 2 is 1.74 bits per heavy atom. The van der Waals surface area contributed by atoms with Gasteiger partial charge in [0, 0.05) is 22.6 Å². The van der Waals surface area contributed by atoms with Crippen molar-refractivity contribution in [3.8, 4) is 0 Å². The van der Waals surface area contributed by atoms with Crippen LogP contribution in [0.15, 0.2) is 63.4 Å². The van der Waals surface area contributed by atoms with E-state index in [1.54, 1.807) is 18.0 Å². The summed E-state index contributed by atoms with van der Waals surface area (Å²) in [5.41, 5.74) is 2.35. The molecular weight excluding hydrogens is 308 g/mol. The van der Waals surface area contributed by atoms with E-state index >= 15 is 0 Å². The highest BCUT2D eigenvalue weighted by Gasteiger charge is 2.22. The first-order chi connectivity index (χ1) is 11.3.